The van der Waals surface area contributed by atoms with Crippen LogP contribution in [0.15, 0.2) is 28.8 Å². The van der Waals surface area contributed by atoms with E-state index < -0.39 is 0 Å². The van der Waals surface area contributed by atoms with Gasteiger partial charge in [0.15, 0.2) is 5.82 Å². The molecule has 120 valence electrons. The zero-order valence-corrected chi connectivity index (χ0v) is 12.7. The topological polar surface area (TPSA) is 59.2 Å². The van der Waals surface area contributed by atoms with Gasteiger partial charge >= 0.3 is 0 Å². The number of carbonyl (C=O) groups excluding carboxylic acids is 1. The molecule has 1 aromatic carbocycles. The molecule has 0 radical (unpaired) electrons. The number of likely N-dealkylation sites (tertiary alicyclic amines) is 1. The number of aromatic nitrogens is 2. The molecule has 0 unspecified atom stereocenters. The van der Waals surface area contributed by atoms with Crippen LogP contribution in [-0.4, -0.2) is 27.5 Å². The Morgan fingerprint density at radius 3 is 2.78 bits per heavy atom. The Kier molecular flexibility index (Phi) is 3.59. The summed E-state index contributed by atoms with van der Waals surface area (Å²) in [5.41, 5.74) is 0.927. The quantitative estimate of drug-likeness (QED) is 0.870. The molecule has 1 amide bonds. The summed E-state index contributed by atoms with van der Waals surface area (Å²) in [6.45, 7) is 0.773. The molecule has 0 bridgehead atoms. The normalized spacial score (nSPS) is 20.9. The third-order valence-corrected chi connectivity index (χ3v) is 4.51. The summed E-state index contributed by atoms with van der Waals surface area (Å²) < 4.78 is 18.3. The Labute approximate surface area is 133 Å². The highest BCUT2D eigenvalue weighted by Gasteiger charge is 2.40. The first-order valence-corrected chi connectivity index (χ1v) is 8.08. The van der Waals surface area contributed by atoms with Crippen LogP contribution in [0.5, 0.6) is 0 Å². The maximum atomic E-state index is 12.9. The molecule has 5 nitrogen and oxygen atoms in total. The minimum Gasteiger partial charge on any atom is -0.337 e. The lowest BCUT2D eigenvalue weighted by molar-refractivity contribution is -0.133. The van der Waals surface area contributed by atoms with E-state index in [0.29, 0.717) is 18.1 Å². The molecule has 1 saturated carbocycles. The number of carbonyl (C=O) groups is 1. The molecule has 1 atom stereocenters. The molecule has 1 saturated heterocycles. The van der Waals surface area contributed by atoms with Crippen LogP contribution in [0.1, 0.15) is 49.0 Å². The third kappa shape index (κ3) is 2.98. The molecule has 2 aromatic rings. The zero-order chi connectivity index (χ0) is 15.8. The number of nitrogens with zero attached hydrogens (tertiary/aromatic N) is 3. The lowest BCUT2D eigenvalue weighted by Crippen LogP contribution is -2.31. The zero-order valence-electron chi connectivity index (χ0n) is 12.7. The van der Waals surface area contributed by atoms with Crippen molar-refractivity contribution >= 4 is 5.91 Å². The predicted octanol–water partition coefficient (Wildman–Crippen LogP) is 2.87. The summed E-state index contributed by atoms with van der Waals surface area (Å²) in [6, 6.07) is 6.18. The van der Waals surface area contributed by atoms with Crippen LogP contribution in [0, 0.1) is 11.7 Å². The number of halogens is 1. The number of hydrogen-bond donors (Lipinski definition) is 0. The van der Waals surface area contributed by atoms with E-state index in [2.05, 4.69) is 10.1 Å². The van der Waals surface area contributed by atoms with Crippen molar-refractivity contribution in [2.24, 2.45) is 5.92 Å². The fourth-order valence-corrected chi connectivity index (χ4v) is 3.11. The van der Waals surface area contributed by atoms with E-state index >= 15 is 0 Å². The second kappa shape index (κ2) is 5.76. The van der Waals surface area contributed by atoms with E-state index in [1.807, 2.05) is 4.90 Å². The van der Waals surface area contributed by atoms with Gasteiger partial charge in [-0.1, -0.05) is 17.3 Å². The summed E-state index contributed by atoms with van der Waals surface area (Å²) in [7, 11) is 0. The van der Waals surface area contributed by atoms with Gasteiger partial charge < -0.3 is 9.42 Å². The van der Waals surface area contributed by atoms with Gasteiger partial charge in [0.2, 0.25) is 11.8 Å². The van der Waals surface area contributed by atoms with Gasteiger partial charge in [0, 0.05) is 18.9 Å². The average molecular weight is 315 g/mol. The molecule has 0 N–H and O–H groups in total. The minimum atomic E-state index is -0.261. The molecule has 6 heteroatoms. The van der Waals surface area contributed by atoms with Crippen molar-refractivity contribution in [1.29, 1.82) is 0 Å². The van der Waals surface area contributed by atoms with Crippen LogP contribution in [-0.2, 0) is 11.2 Å². The van der Waals surface area contributed by atoms with Gasteiger partial charge in [-0.3, -0.25) is 4.79 Å². The molecule has 1 aliphatic heterocycles. The van der Waals surface area contributed by atoms with Crippen molar-refractivity contribution in [2.75, 3.05) is 6.54 Å². The first-order valence-electron chi connectivity index (χ1n) is 8.08. The van der Waals surface area contributed by atoms with Gasteiger partial charge in [0.1, 0.15) is 11.9 Å². The van der Waals surface area contributed by atoms with Crippen LogP contribution in [0.25, 0.3) is 0 Å². The molecule has 2 heterocycles. The van der Waals surface area contributed by atoms with Crippen LogP contribution in [0.3, 0.4) is 0 Å². The molecule has 2 aliphatic rings. The average Bonchev–Trinajstić information content (AvgIpc) is 3.11. The smallest absolute Gasteiger partial charge is 0.249 e. The summed E-state index contributed by atoms with van der Waals surface area (Å²) in [4.78, 5) is 18.7. The summed E-state index contributed by atoms with van der Waals surface area (Å²) in [6.07, 6.45) is 4.34. The molecule has 1 aromatic heterocycles. The molecule has 1 aliphatic carbocycles. The van der Waals surface area contributed by atoms with Crippen LogP contribution in [0.2, 0.25) is 0 Å². The van der Waals surface area contributed by atoms with Crippen LogP contribution >= 0.6 is 0 Å². The molecule has 23 heavy (non-hydrogen) atoms. The van der Waals surface area contributed by atoms with Crippen molar-refractivity contribution in [3.05, 3.63) is 47.4 Å². The van der Waals surface area contributed by atoms with E-state index in [4.69, 9.17) is 4.52 Å². The predicted molar refractivity (Wildman–Crippen MR) is 79.9 cm³/mol. The Hall–Kier alpha value is -2.24. The number of amides is 1. The summed E-state index contributed by atoms with van der Waals surface area (Å²) in [5.74, 6) is 1.26. The highest BCUT2D eigenvalue weighted by molar-refractivity contribution is 5.81. The van der Waals surface area contributed by atoms with Crippen LogP contribution < -0.4 is 0 Å². The van der Waals surface area contributed by atoms with Crippen LogP contribution in [0.4, 0.5) is 4.39 Å². The van der Waals surface area contributed by atoms with Gasteiger partial charge in [0.05, 0.1) is 0 Å². The van der Waals surface area contributed by atoms with Crippen molar-refractivity contribution < 1.29 is 13.7 Å². The van der Waals surface area contributed by atoms with E-state index in [1.54, 1.807) is 12.1 Å². The highest BCUT2D eigenvalue weighted by atomic mass is 19.1. The van der Waals surface area contributed by atoms with Crippen molar-refractivity contribution in [2.45, 2.75) is 38.1 Å². The second-order valence-electron chi connectivity index (χ2n) is 6.32. The second-order valence-corrected chi connectivity index (χ2v) is 6.32. The van der Waals surface area contributed by atoms with Crippen molar-refractivity contribution in [3.8, 4) is 0 Å². The first-order chi connectivity index (χ1) is 11.2. The lowest BCUT2D eigenvalue weighted by Gasteiger charge is -2.21. The Morgan fingerprint density at radius 2 is 2.04 bits per heavy atom. The maximum Gasteiger partial charge on any atom is 0.249 e. The number of hydrogen-bond acceptors (Lipinski definition) is 4. The third-order valence-electron chi connectivity index (χ3n) is 4.51. The van der Waals surface area contributed by atoms with Gasteiger partial charge in [-0.25, -0.2) is 4.39 Å². The lowest BCUT2D eigenvalue weighted by atomic mass is 10.1. The first kappa shape index (κ1) is 14.4. The Balaban J connectivity index is 1.48. The highest BCUT2D eigenvalue weighted by Crippen LogP contribution is 2.38. The van der Waals surface area contributed by atoms with Gasteiger partial charge in [-0.05, 0) is 43.4 Å². The molecule has 2 fully saturated rings. The molecule has 0 spiro atoms. The number of benzene rings is 1. The fraction of sp³-hybridized carbons (Fsp3) is 0.471. The monoisotopic (exact) mass is 315 g/mol. The molecular weight excluding hydrogens is 297 g/mol. The summed E-state index contributed by atoms with van der Waals surface area (Å²) in [5, 5.41) is 4.01. The van der Waals surface area contributed by atoms with Crippen molar-refractivity contribution in [3.63, 3.8) is 0 Å². The van der Waals surface area contributed by atoms with Crippen molar-refractivity contribution in [1.82, 2.24) is 15.0 Å². The SMILES string of the molecule is O=C(C1CC1)N1CCC[C@H]1c1nc(Cc2ccc(F)cc2)no1. The van der Waals surface area contributed by atoms with Gasteiger partial charge in [0.25, 0.3) is 0 Å². The number of rotatable bonds is 4. The maximum absolute atomic E-state index is 12.9. The van der Waals surface area contributed by atoms with Gasteiger partial charge in [-0.15, -0.1) is 0 Å². The fourth-order valence-electron chi connectivity index (χ4n) is 3.11. The minimum absolute atomic E-state index is 0.0856. The Bertz CT molecular complexity index is 709. The van der Waals surface area contributed by atoms with E-state index in [9.17, 15) is 9.18 Å². The van der Waals surface area contributed by atoms with E-state index in [-0.39, 0.29) is 23.7 Å². The van der Waals surface area contributed by atoms with E-state index in [0.717, 1.165) is 37.8 Å². The van der Waals surface area contributed by atoms with E-state index in [1.165, 1.54) is 12.1 Å². The standard InChI is InChI=1S/C17H18FN3O2/c18-13-7-3-11(4-8-13)10-15-19-16(23-20-15)14-2-1-9-21(14)17(22)12-5-6-12/h3-4,7-8,12,14H,1-2,5-6,9-10H2/t14-/m0/s1. The van der Waals surface area contributed by atoms with Gasteiger partial charge in [-0.2, -0.15) is 4.98 Å². The molecule has 4 rings (SSSR count). The largest absolute Gasteiger partial charge is 0.337 e. The molecular formula is C17H18FN3O2. The Morgan fingerprint density at radius 1 is 1.26 bits per heavy atom. The summed E-state index contributed by atoms with van der Waals surface area (Å²) >= 11 is 0.